The Morgan fingerprint density at radius 1 is 0.947 bits per heavy atom. The number of alkyl halides is 3. The van der Waals surface area contributed by atoms with E-state index in [1.54, 1.807) is 24.3 Å². The van der Waals surface area contributed by atoms with Gasteiger partial charge < -0.3 is 16.0 Å². The van der Waals surface area contributed by atoms with Crippen molar-refractivity contribution in [1.82, 2.24) is 15.3 Å². The van der Waals surface area contributed by atoms with E-state index in [-0.39, 0.29) is 53.7 Å². The van der Waals surface area contributed by atoms with Crippen LogP contribution in [-0.2, 0) is 22.2 Å². The van der Waals surface area contributed by atoms with Gasteiger partial charge in [-0.3, -0.25) is 9.59 Å². The molecule has 2 saturated carbocycles. The fraction of sp³-hybridized carbons (Fsp3) is 0.571. The molecule has 2 aromatic rings. The van der Waals surface area contributed by atoms with Crippen molar-refractivity contribution in [1.29, 1.82) is 0 Å². The van der Waals surface area contributed by atoms with Crippen molar-refractivity contribution in [3.05, 3.63) is 41.7 Å². The second-order valence-electron chi connectivity index (χ2n) is 10.7. The minimum absolute atomic E-state index is 0.0217. The average molecular weight is 532 g/mol. The van der Waals surface area contributed by atoms with Crippen LogP contribution < -0.4 is 16.0 Å². The van der Waals surface area contributed by atoms with Gasteiger partial charge in [0.25, 0.3) is 0 Å². The fourth-order valence-corrected chi connectivity index (χ4v) is 5.51. The SMILES string of the molecule is CC(C)NC(=O)[C@H]1CCC[C@H]1Cc1nc(Nc2ccc(NC(=O)C3CCCCC3)cc2)ncc1C(F)(F)F. The number of anilines is 3. The molecular weight excluding hydrogens is 495 g/mol. The lowest BCUT2D eigenvalue weighted by Crippen LogP contribution is -2.37. The number of aromatic nitrogens is 2. The average Bonchev–Trinajstić information content (AvgIpc) is 3.33. The van der Waals surface area contributed by atoms with Gasteiger partial charge in [-0.05, 0) is 76.1 Å². The Hall–Kier alpha value is -3.17. The van der Waals surface area contributed by atoms with Crippen molar-refractivity contribution >= 4 is 29.1 Å². The highest BCUT2D eigenvalue weighted by Crippen LogP contribution is 2.38. The van der Waals surface area contributed by atoms with E-state index >= 15 is 0 Å². The Balaban J connectivity index is 1.46. The second-order valence-corrected chi connectivity index (χ2v) is 10.7. The summed E-state index contributed by atoms with van der Waals surface area (Å²) in [6.07, 6.45) is 3.51. The first-order valence-electron chi connectivity index (χ1n) is 13.5. The number of halogens is 3. The number of rotatable bonds is 8. The van der Waals surface area contributed by atoms with Gasteiger partial charge in [-0.2, -0.15) is 13.2 Å². The van der Waals surface area contributed by atoms with Crippen molar-refractivity contribution in [2.75, 3.05) is 10.6 Å². The molecule has 38 heavy (non-hydrogen) atoms. The molecule has 2 amide bonds. The third-order valence-corrected chi connectivity index (χ3v) is 7.44. The first-order valence-corrected chi connectivity index (χ1v) is 13.5. The predicted octanol–water partition coefficient (Wildman–Crippen LogP) is 6.24. The van der Waals surface area contributed by atoms with E-state index < -0.39 is 11.7 Å². The molecule has 2 aliphatic rings. The van der Waals surface area contributed by atoms with Crippen molar-refractivity contribution in [3.63, 3.8) is 0 Å². The molecule has 3 N–H and O–H groups in total. The van der Waals surface area contributed by atoms with E-state index in [4.69, 9.17) is 0 Å². The normalized spacial score (nSPS) is 20.4. The van der Waals surface area contributed by atoms with Crippen LogP contribution in [0.5, 0.6) is 0 Å². The summed E-state index contributed by atoms with van der Waals surface area (Å²) >= 11 is 0. The van der Waals surface area contributed by atoms with Crippen LogP contribution in [0.4, 0.5) is 30.5 Å². The number of amides is 2. The Bertz CT molecular complexity index is 1110. The van der Waals surface area contributed by atoms with Crippen LogP contribution in [-0.4, -0.2) is 27.8 Å². The van der Waals surface area contributed by atoms with Crippen LogP contribution >= 0.6 is 0 Å². The summed E-state index contributed by atoms with van der Waals surface area (Å²) in [5.41, 5.74) is 0.257. The molecule has 1 aromatic carbocycles. The summed E-state index contributed by atoms with van der Waals surface area (Å²) in [7, 11) is 0. The standard InChI is InChI=1S/C28H36F3N5O2/c1-17(2)33-26(38)22-10-6-9-19(22)15-24-23(28(29,30)31)16-32-27(36-24)35-21-13-11-20(12-14-21)34-25(37)18-7-4-3-5-8-18/h11-14,16-19,22H,3-10,15H2,1-2H3,(H,33,38)(H,34,37)(H,32,35,36)/t19-,22-/m0/s1. The zero-order valence-corrected chi connectivity index (χ0v) is 21.9. The van der Waals surface area contributed by atoms with E-state index in [0.717, 1.165) is 38.3 Å². The molecule has 0 unspecified atom stereocenters. The molecule has 2 atom stereocenters. The summed E-state index contributed by atoms with van der Waals surface area (Å²) in [5.74, 6) is -0.553. The number of nitrogens with one attached hydrogen (secondary N) is 3. The van der Waals surface area contributed by atoms with Crippen molar-refractivity contribution in [2.24, 2.45) is 17.8 Å². The highest BCUT2D eigenvalue weighted by Gasteiger charge is 2.39. The minimum atomic E-state index is -4.60. The topological polar surface area (TPSA) is 96.0 Å². The number of nitrogens with zero attached hydrogens (tertiary/aromatic N) is 2. The number of hydrogen-bond acceptors (Lipinski definition) is 5. The van der Waals surface area contributed by atoms with Crippen LogP contribution in [0.1, 0.15) is 76.5 Å². The third kappa shape index (κ3) is 7.23. The van der Waals surface area contributed by atoms with Gasteiger partial charge in [0.1, 0.15) is 0 Å². The molecule has 0 saturated heterocycles. The fourth-order valence-electron chi connectivity index (χ4n) is 5.51. The first kappa shape index (κ1) is 27.9. The van der Waals surface area contributed by atoms with Crippen molar-refractivity contribution < 1.29 is 22.8 Å². The summed E-state index contributed by atoms with van der Waals surface area (Å²) in [4.78, 5) is 33.3. The van der Waals surface area contributed by atoms with E-state index in [0.29, 0.717) is 24.2 Å². The molecule has 206 valence electrons. The number of carbonyl (C=O) groups excluding carboxylic acids is 2. The molecule has 2 aliphatic carbocycles. The second kappa shape index (κ2) is 12.1. The Labute approximate surface area is 221 Å². The molecule has 2 fully saturated rings. The maximum absolute atomic E-state index is 13.8. The van der Waals surface area contributed by atoms with Gasteiger partial charge >= 0.3 is 6.18 Å². The van der Waals surface area contributed by atoms with Gasteiger partial charge in [-0.25, -0.2) is 9.97 Å². The molecule has 7 nitrogen and oxygen atoms in total. The summed E-state index contributed by atoms with van der Waals surface area (Å²) in [6.45, 7) is 3.73. The zero-order chi connectivity index (χ0) is 27.3. The Kier molecular flexibility index (Phi) is 8.89. The van der Waals surface area contributed by atoms with E-state index in [1.165, 1.54) is 6.42 Å². The lowest BCUT2D eigenvalue weighted by Gasteiger charge is -2.22. The summed E-state index contributed by atoms with van der Waals surface area (Å²) < 4.78 is 41.3. The molecule has 0 spiro atoms. The van der Waals surface area contributed by atoms with Gasteiger partial charge in [0, 0.05) is 35.4 Å². The number of carbonyl (C=O) groups is 2. The first-order chi connectivity index (χ1) is 18.1. The molecule has 10 heteroatoms. The molecule has 0 radical (unpaired) electrons. The smallest absolute Gasteiger partial charge is 0.354 e. The molecule has 4 rings (SSSR count). The third-order valence-electron chi connectivity index (χ3n) is 7.44. The number of hydrogen-bond donors (Lipinski definition) is 3. The predicted molar refractivity (Wildman–Crippen MR) is 140 cm³/mol. The Morgan fingerprint density at radius 2 is 1.63 bits per heavy atom. The van der Waals surface area contributed by atoms with Gasteiger partial charge in [0.05, 0.1) is 11.3 Å². The largest absolute Gasteiger partial charge is 0.419 e. The van der Waals surface area contributed by atoms with Gasteiger partial charge in [-0.1, -0.05) is 25.7 Å². The highest BCUT2D eigenvalue weighted by molar-refractivity contribution is 5.92. The molecular formula is C28H36F3N5O2. The van der Waals surface area contributed by atoms with Crippen molar-refractivity contribution in [2.45, 2.75) is 83.9 Å². The Morgan fingerprint density at radius 3 is 2.29 bits per heavy atom. The number of benzene rings is 1. The van der Waals surface area contributed by atoms with E-state index in [2.05, 4.69) is 25.9 Å². The molecule has 0 bridgehead atoms. The summed E-state index contributed by atoms with van der Waals surface area (Å²) in [6, 6.07) is 6.90. The zero-order valence-electron chi connectivity index (χ0n) is 21.9. The van der Waals surface area contributed by atoms with Crippen LogP contribution in [0.25, 0.3) is 0 Å². The highest BCUT2D eigenvalue weighted by atomic mass is 19.4. The minimum Gasteiger partial charge on any atom is -0.354 e. The molecule has 0 aliphatic heterocycles. The summed E-state index contributed by atoms with van der Waals surface area (Å²) in [5, 5.41) is 8.81. The monoisotopic (exact) mass is 531 g/mol. The lowest BCUT2D eigenvalue weighted by molar-refractivity contribution is -0.138. The van der Waals surface area contributed by atoms with Gasteiger partial charge in [0.2, 0.25) is 17.8 Å². The van der Waals surface area contributed by atoms with Crippen LogP contribution in [0, 0.1) is 17.8 Å². The molecule has 1 heterocycles. The van der Waals surface area contributed by atoms with Crippen LogP contribution in [0.2, 0.25) is 0 Å². The van der Waals surface area contributed by atoms with Crippen LogP contribution in [0.15, 0.2) is 30.5 Å². The lowest BCUT2D eigenvalue weighted by atomic mass is 9.88. The molecule has 1 aromatic heterocycles. The van der Waals surface area contributed by atoms with Gasteiger partial charge in [-0.15, -0.1) is 0 Å². The van der Waals surface area contributed by atoms with Crippen molar-refractivity contribution in [3.8, 4) is 0 Å². The quantitative estimate of drug-likeness (QED) is 0.375. The van der Waals surface area contributed by atoms with E-state index in [9.17, 15) is 22.8 Å². The maximum Gasteiger partial charge on any atom is 0.419 e. The van der Waals surface area contributed by atoms with Gasteiger partial charge in [0.15, 0.2) is 0 Å². The van der Waals surface area contributed by atoms with Crippen LogP contribution in [0.3, 0.4) is 0 Å². The maximum atomic E-state index is 13.8. The van der Waals surface area contributed by atoms with E-state index in [1.807, 2.05) is 13.8 Å².